The molecule has 4 nitrogen and oxygen atoms in total. The lowest BCUT2D eigenvalue weighted by Crippen LogP contribution is -2.18. The molecule has 3 N–H and O–H groups in total. The molecule has 1 aromatic carbocycles. The Hall–Kier alpha value is -0.590. The van der Waals surface area contributed by atoms with Gasteiger partial charge in [-0.3, -0.25) is 4.79 Å². The average Bonchev–Trinajstić information content (AvgIpc) is 2.23. The van der Waals surface area contributed by atoms with Gasteiger partial charge in [-0.25, -0.2) is 0 Å². The van der Waals surface area contributed by atoms with Crippen LogP contribution in [0.4, 0.5) is 11.4 Å². The third kappa shape index (κ3) is 4.59. The SMILES string of the molecule is COCC(C)CC(=O)Nc1c(N)cc(Br)cc1Br. The number of halogens is 2. The van der Waals surface area contributed by atoms with Crippen LogP contribution in [0.15, 0.2) is 21.1 Å². The third-order valence-electron chi connectivity index (χ3n) is 2.33. The lowest BCUT2D eigenvalue weighted by Gasteiger charge is -2.13. The molecule has 0 radical (unpaired) electrons. The monoisotopic (exact) mass is 378 g/mol. The summed E-state index contributed by atoms with van der Waals surface area (Å²) in [4.78, 5) is 11.8. The van der Waals surface area contributed by atoms with Gasteiger partial charge >= 0.3 is 0 Å². The molecule has 1 atom stereocenters. The Bertz CT molecular complexity index is 415. The Morgan fingerprint density at radius 1 is 1.50 bits per heavy atom. The zero-order valence-electron chi connectivity index (χ0n) is 10.3. The van der Waals surface area contributed by atoms with Gasteiger partial charge in [0.05, 0.1) is 11.4 Å². The molecule has 0 aromatic heterocycles. The van der Waals surface area contributed by atoms with E-state index in [1.165, 1.54) is 0 Å². The first-order valence-electron chi connectivity index (χ1n) is 5.47. The molecule has 0 bridgehead atoms. The van der Waals surface area contributed by atoms with E-state index in [0.29, 0.717) is 24.4 Å². The Balaban J connectivity index is 2.70. The number of carbonyl (C=O) groups is 1. The van der Waals surface area contributed by atoms with Crippen molar-refractivity contribution < 1.29 is 9.53 Å². The Morgan fingerprint density at radius 3 is 2.72 bits per heavy atom. The molecule has 0 saturated carbocycles. The molecule has 0 spiro atoms. The summed E-state index contributed by atoms with van der Waals surface area (Å²) in [6.45, 7) is 2.52. The molecule has 0 saturated heterocycles. The van der Waals surface area contributed by atoms with Crippen molar-refractivity contribution in [2.45, 2.75) is 13.3 Å². The lowest BCUT2D eigenvalue weighted by molar-refractivity contribution is -0.117. The van der Waals surface area contributed by atoms with Gasteiger partial charge in [-0.2, -0.15) is 0 Å². The molecule has 18 heavy (non-hydrogen) atoms. The van der Waals surface area contributed by atoms with Crippen molar-refractivity contribution in [3.63, 3.8) is 0 Å². The Labute approximate surface area is 124 Å². The third-order valence-corrected chi connectivity index (χ3v) is 3.42. The van der Waals surface area contributed by atoms with Crippen LogP contribution < -0.4 is 11.1 Å². The summed E-state index contributed by atoms with van der Waals surface area (Å²) < 4.78 is 6.61. The van der Waals surface area contributed by atoms with Gasteiger partial charge in [-0.15, -0.1) is 0 Å². The molecular formula is C12H16Br2N2O2. The number of nitrogens with two attached hydrogens (primary N) is 1. The van der Waals surface area contributed by atoms with Crippen molar-refractivity contribution in [1.82, 2.24) is 0 Å². The van der Waals surface area contributed by atoms with Crippen molar-refractivity contribution in [1.29, 1.82) is 0 Å². The molecule has 0 aliphatic rings. The summed E-state index contributed by atoms with van der Waals surface area (Å²) in [5.41, 5.74) is 6.98. The number of carbonyl (C=O) groups excluding carboxylic acids is 1. The fraction of sp³-hybridized carbons (Fsp3) is 0.417. The van der Waals surface area contributed by atoms with Crippen LogP contribution in [-0.2, 0) is 9.53 Å². The van der Waals surface area contributed by atoms with Crippen molar-refractivity contribution in [3.8, 4) is 0 Å². The van der Waals surface area contributed by atoms with Crippen LogP contribution in [0, 0.1) is 5.92 Å². The van der Waals surface area contributed by atoms with E-state index in [1.54, 1.807) is 13.2 Å². The molecule has 1 unspecified atom stereocenters. The molecule has 0 fully saturated rings. The second-order valence-electron chi connectivity index (χ2n) is 4.16. The van der Waals surface area contributed by atoms with Crippen molar-refractivity contribution in [2.75, 3.05) is 24.8 Å². The van der Waals surface area contributed by atoms with E-state index in [1.807, 2.05) is 13.0 Å². The minimum atomic E-state index is -0.0747. The molecule has 0 heterocycles. The first-order chi connectivity index (χ1) is 8.43. The largest absolute Gasteiger partial charge is 0.397 e. The second-order valence-corrected chi connectivity index (χ2v) is 5.93. The van der Waals surface area contributed by atoms with Crippen molar-refractivity contribution in [3.05, 3.63) is 21.1 Å². The first-order valence-corrected chi connectivity index (χ1v) is 7.06. The van der Waals surface area contributed by atoms with E-state index in [2.05, 4.69) is 37.2 Å². The molecule has 100 valence electrons. The molecule has 6 heteroatoms. The zero-order valence-corrected chi connectivity index (χ0v) is 13.5. The molecule has 1 amide bonds. The predicted octanol–water partition coefficient (Wildman–Crippen LogP) is 3.40. The summed E-state index contributed by atoms with van der Waals surface area (Å²) in [7, 11) is 1.62. The fourth-order valence-corrected chi connectivity index (χ4v) is 2.93. The maximum atomic E-state index is 11.8. The lowest BCUT2D eigenvalue weighted by atomic mass is 10.1. The van der Waals surface area contributed by atoms with E-state index >= 15 is 0 Å². The molecule has 1 aromatic rings. The fourth-order valence-electron chi connectivity index (χ4n) is 1.58. The molecule has 0 aliphatic heterocycles. The Morgan fingerprint density at radius 2 is 2.17 bits per heavy atom. The van der Waals surface area contributed by atoms with Gasteiger partial charge in [-0.05, 0) is 34.0 Å². The van der Waals surface area contributed by atoms with Crippen LogP contribution in [0.25, 0.3) is 0 Å². The predicted molar refractivity (Wildman–Crippen MR) is 80.5 cm³/mol. The summed E-state index contributed by atoms with van der Waals surface area (Å²) in [5, 5.41) is 2.81. The van der Waals surface area contributed by atoms with Crippen LogP contribution in [0.3, 0.4) is 0 Å². The smallest absolute Gasteiger partial charge is 0.224 e. The van der Waals surface area contributed by atoms with Gasteiger partial charge in [-0.1, -0.05) is 22.9 Å². The van der Waals surface area contributed by atoms with Gasteiger partial charge in [0, 0.05) is 29.1 Å². The first kappa shape index (κ1) is 15.5. The zero-order chi connectivity index (χ0) is 13.7. The maximum absolute atomic E-state index is 11.8. The van der Waals surface area contributed by atoms with E-state index in [-0.39, 0.29) is 11.8 Å². The highest BCUT2D eigenvalue weighted by Gasteiger charge is 2.13. The highest BCUT2D eigenvalue weighted by Crippen LogP contribution is 2.32. The summed E-state index contributed by atoms with van der Waals surface area (Å²) in [6, 6.07) is 3.59. The highest BCUT2D eigenvalue weighted by atomic mass is 79.9. The van der Waals surface area contributed by atoms with Crippen LogP contribution >= 0.6 is 31.9 Å². The number of rotatable bonds is 5. The average molecular weight is 380 g/mol. The van der Waals surface area contributed by atoms with Crippen LogP contribution in [0.1, 0.15) is 13.3 Å². The van der Waals surface area contributed by atoms with Gasteiger partial charge in [0.2, 0.25) is 5.91 Å². The second kappa shape index (κ2) is 7.11. The maximum Gasteiger partial charge on any atom is 0.224 e. The number of ether oxygens (including phenoxy) is 1. The summed E-state index contributed by atoms with van der Waals surface area (Å²) in [5.74, 6) is 0.0970. The van der Waals surface area contributed by atoms with Crippen LogP contribution in [-0.4, -0.2) is 19.6 Å². The minimum Gasteiger partial charge on any atom is -0.397 e. The topological polar surface area (TPSA) is 64.3 Å². The van der Waals surface area contributed by atoms with Gasteiger partial charge in [0.15, 0.2) is 0 Å². The minimum absolute atomic E-state index is 0.0747. The Kier molecular flexibility index (Phi) is 6.11. The molecular weight excluding hydrogens is 364 g/mol. The number of methoxy groups -OCH3 is 1. The number of benzene rings is 1. The van der Waals surface area contributed by atoms with Crippen molar-refractivity contribution in [2.24, 2.45) is 5.92 Å². The summed E-state index contributed by atoms with van der Waals surface area (Å²) >= 11 is 6.71. The standard InChI is InChI=1S/C12H16Br2N2O2/c1-7(6-18-2)3-11(17)16-12-9(14)4-8(13)5-10(12)15/h4-5,7H,3,6,15H2,1-2H3,(H,16,17). The number of nitrogen functional groups attached to an aromatic ring is 1. The van der Waals surface area contributed by atoms with E-state index in [0.717, 1.165) is 8.95 Å². The quantitative estimate of drug-likeness (QED) is 0.770. The number of anilines is 2. The van der Waals surface area contributed by atoms with Crippen LogP contribution in [0.5, 0.6) is 0 Å². The number of hydrogen-bond acceptors (Lipinski definition) is 3. The number of amides is 1. The van der Waals surface area contributed by atoms with Gasteiger partial charge in [0.1, 0.15) is 0 Å². The van der Waals surface area contributed by atoms with E-state index in [9.17, 15) is 4.79 Å². The van der Waals surface area contributed by atoms with E-state index < -0.39 is 0 Å². The van der Waals surface area contributed by atoms with Gasteiger partial charge < -0.3 is 15.8 Å². The molecule has 1 rings (SSSR count). The number of nitrogens with one attached hydrogen (secondary N) is 1. The van der Waals surface area contributed by atoms with E-state index in [4.69, 9.17) is 10.5 Å². The van der Waals surface area contributed by atoms with Crippen molar-refractivity contribution >= 4 is 49.1 Å². The molecule has 0 aliphatic carbocycles. The van der Waals surface area contributed by atoms with Gasteiger partial charge in [0.25, 0.3) is 0 Å². The van der Waals surface area contributed by atoms with Crippen LogP contribution in [0.2, 0.25) is 0 Å². The number of hydrogen-bond donors (Lipinski definition) is 2. The summed E-state index contributed by atoms with van der Waals surface area (Å²) in [6.07, 6.45) is 0.399. The normalized spacial score (nSPS) is 12.2. The highest BCUT2D eigenvalue weighted by molar-refractivity contribution is 9.11.